The zero-order valence-electron chi connectivity index (χ0n) is 15.3. The van der Waals surface area contributed by atoms with Gasteiger partial charge in [-0.1, -0.05) is 60.4 Å². The third-order valence-electron chi connectivity index (χ3n) is 4.39. The van der Waals surface area contributed by atoms with Crippen LogP contribution in [-0.2, 0) is 0 Å². The minimum absolute atomic E-state index is 0.0859. The number of ether oxygens (including phenoxy) is 2. The van der Waals surface area contributed by atoms with Crippen molar-refractivity contribution in [2.45, 2.75) is 12.8 Å². The molecule has 3 aromatic rings. The molecule has 26 heavy (non-hydrogen) atoms. The quantitative estimate of drug-likeness (QED) is 0.607. The van der Waals surface area contributed by atoms with Gasteiger partial charge in [0.25, 0.3) is 0 Å². The van der Waals surface area contributed by atoms with Gasteiger partial charge in [-0.25, -0.2) is 0 Å². The van der Waals surface area contributed by atoms with Crippen LogP contribution in [0.4, 0.5) is 0 Å². The smallest absolute Gasteiger partial charge is 0.127 e. The van der Waals surface area contributed by atoms with Crippen LogP contribution in [0.1, 0.15) is 28.2 Å². The maximum Gasteiger partial charge on any atom is 0.127 e. The maximum absolute atomic E-state index is 5.63. The Labute approximate surface area is 155 Å². The summed E-state index contributed by atoms with van der Waals surface area (Å²) in [6.45, 7) is 2.11. The minimum atomic E-state index is -0.0859. The number of aryl methyl sites for hydroxylation is 1. The Morgan fingerprint density at radius 1 is 0.769 bits per heavy atom. The van der Waals surface area contributed by atoms with Crippen LogP contribution in [0.2, 0.25) is 0 Å². The molecule has 0 N–H and O–H groups in total. The molecule has 3 aromatic carbocycles. The highest BCUT2D eigenvalue weighted by Crippen LogP contribution is 2.35. The maximum atomic E-state index is 5.63. The van der Waals surface area contributed by atoms with Crippen LogP contribution in [0.25, 0.3) is 0 Å². The van der Waals surface area contributed by atoms with Crippen LogP contribution in [-0.4, -0.2) is 14.2 Å². The third-order valence-corrected chi connectivity index (χ3v) is 4.39. The van der Waals surface area contributed by atoms with Crippen LogP contribution >= 0.6 is 0 Å². The molecular weight excluding hydrogens is 320 g/mol. The van der Waals surface area contributed by atoms with Gasteiger partial charge in [-0.2, -0.15) is 0 Å². The number of hydrogen-bond donors (Lipinski definition) is 0. The second-order valence-corrected chi connectivity index (χ2v) is 6.03. The van der Waals surface area contributed by atoms with E-state index < -0.39 is 0 Å². The van der Waals surface area contributed by atoms with Crippen molar-refractivity contribution >= 4 is 0 Å². The first-order valence-electron chi connectivity index (χ1n) is 8.57. The van der Waals surface area contributed by atoms with Crippen LogP contribution < -0.4 is 9.47 Å². The van der Waals surface area contributed by atoms with Gasteiger partial charge in [0.05, 0.1) is 20.1 Å². The van der Waals surface area contributed by atoms with Crippen LogP contribution in [0.15, 0.2) is 72.8 Å². The van der Waals surface area contributed by atoms with Crippen molar-refractivity contribution < 1.29 is 9.47 Å². The molecular formula is C24H22O2. The van der Waals surface area contributed by atoms with Crippen molar-refractivity contribution in [3.63, 3.8) is 0 Å². The molecule has 2 nitrogen and oxygen atoms in total. The van der Waals surface area contributed by atoms with E-state index in [1.54, 1.807) is 14.2 Å². The zero-order valence-corrected chi connectivity index (χ0v) is 15.3. The number of benzene rings is 3. The first kappa shape index (κ1) is 17.6. The van der Waals surface area contributed by atoms with E-state index >= 15 is 0 Å². The predicted octanol–water partition coefficient (Wildman–Crippen LogP) is 5.20. The Bertz CT molecular complexity index is 933. The molecule has 1 atom stereocenters. The van der Waals surface area contributed by atoms with Crippen molar-refractivity contribution in [3.05, 3.63) is 95.1 Å². The Morgan fingerprint density at radius 2 is 1.50 bits per heavy atom. The van der Waals surface area contributed by atoms with Gasteiger partial charge in [-0.05, 0) is 36.2 Å². The number of methoxy groups -OCH3 is 2. The van der Waals surface area contributed by atoms with Gasteiger partial charge in [0.15, 0.2) is 0 Å². The van der Waals surface area contributed by atoms with Gasteiger partial charge in [0, 0.05) is 17.2 Å². The van der Waals surface area contributed by atoms with E-state index in [0.29, 0.717) is 0 Å². The lowest BCUT2D eigenvalue weighted by molar-refractivity contribution is 0.391. The molecule has 1 unspecified atom stereocenters. The molecule has 0 amide bonds. The van der Waals surface area contributed by atoms with Crippen molar-refractivity contribution in [2.24, 2.45) is 0 Å². The Balaban J connectivity index is 2.13. The van der Waals surface area contributed by atoms with Gasteiger partial charge in [-0.15, -0.1) is 0 Å². The summed E-state index contributed by atoms with van der Waals surface area (Å²) in [6, 6.07) is 24.3. The highest BCUT2D eigenvalue weighted by Gasteiger charge is 2.18. The van der Waals surface area contributed by atoms with Crippen LogP contribution in [0, 0.1) is 18.8 Å². The monoisotopic (exact) mass is 342 g/mol. The van der Waals surface area contributed by atoms with Crippen molar-refractivity contribution in [1.29, 1.82) is 0 Å². The third kappa shape index (κ3) is 3.90. The van der Waals surface area contributed by atoms with Gasteiger partial charge in [0.1, 0.15) is 11.5 Å². The zero-order chi connectivity index (χ0) is 18.4. The van der Waals surface area contributed by atoms with Gasteiger partial charge in [-0.3, -0.25) is 0 Å². The lowest BCUT2D eigenvalue weighted by atomic mass is 9.88. The summed E-state index contributed by atoms with van der Waals surface area (Å²) in [5.74, 6) is 8.22. The molecule has 0 aliphatic rings. The Hall–Kier alpha value is -3.18. The highest BCUT2D eigenvalue weighted by atomic mass is 16.5. The van der Waals surface area contributed by atoms with Crippen LogP contribution in [0.5, 0.6) is 11.5 Å². The molecule has 0 saturated heterocycles. The van der Waals surface area contributed by atoms with Crippen molar-refractivity contribution in [2.75, 3.05) is 14.2 Å². The summed E-state index contributed by atoms with van der Waals surface area (Å²) in [6.07, 6.45) is 0. The summed E-state index contributed by atoms with van der Waals surface area (Å²) in [4.78, 5) is 0. The average Bonchev–Trinajstić information content (AvgIpc) is 2.70. The highest BCUT2D eigenvalue weighted by molar-refractivity contribution is 5.53. The fourth-order valence-electron chi connectivity index (χ4n) is 2.97. The van der Waals surface area contributed by atoms with E-state index in [1.165, 1.54) is 11.1 Å². The SMILES string of the molecule is COc1ccc(C(C#Cc2ccccc2)c2ccccc2C)c(OC)c1. The van der Waals surface area contributed by atoms with Gasteiger partial charge >= 0.3 is 0 Å². The summed E-state index contributed by atoms with van der Waals surface area (Å²) in [5, 5.41) is 0. The van der Waals surface area contributed by atoms with Crippen LogP contribution in [0.3, 0.4) is 0 Å². The second kappa shape index (κ2) is 8.27. The molecule has 0 aromatic heterocycles. The fourth-order valence-corrected chi connectivity index (χ4v) is 2.97. The second-order valence-electron chi connectivity index (χ2n) is 6.03. The molecule has 130 valence electrons. The summed E-state index contributed by atoms with van der Waals surface area (Å²) in [5.41, 5.74) is 4.42. The minimum Gasteiger partial charge on any atom is -0.497 e. The first-order chi connectivity index (χ1) is 12.7. The lowest BCUT2D eigenvalue weighted by Crippen LogP contribution is -2.04. The first-order valence-corrected chi connectivity index (χ1v) is 8.57. The standard InChI is InChI=1S/C24H22O2/c1-18-9-7-8-12-21(18)22(15-13-19-10-5-4-6-11-19)23-16-14-20(25-2)17-24(23)26-3/h4-12,14,16-17,22H,1-3H3. The van der Waals surface area contributed by atoms with E-state index in [9.17, 15) is 0 Å². The number of hydrogen-bond acceptors (Lipinski definition) is 2. The molecule has 0 radical (unpaired) electrons. The lowest BCUT2D eigenvalue weighted by Gasteiger charge is -2.18. The summed E-state index contributed by atoms with van der Waals surface area (Å²) in [7, 11) is 3.33. The average molecular weight is 342 g/mol. The van der Waals surface area contributed by atoms with E-state index in [2.05, 4.69) is 37.0 Å². The Kier molecular flexibility index (Phi) is 5.61. The molecule has 0 fully saturated rings. The van der Waals surface area contributed by atoms with E-state index in [-0.39, 0.29) is 5.92 Å². The van der Waals surface area contributed by atoms with Crippen molar-refractivity contribution in [1.82, 2.24) is 0 Å². The molecule has 0 bridgehead atoms. The number of rotatable bonds is 4. The molecule has 2 heteroatoms. The van der Waals surface area contributed by atoms with E-state index in [0.717, 1.165) is 22.6 Å². The predicted molar refractivity (Wildman–Crippen MR) is 106 cm³/mol. The fraction of sp³-hybridized carbons (Fsp3) is 0.167. The van der Waals surface area contributed by atoms with E-state index in [4.69, 9.17) is 9.47 Å². The molecule has 0 aliphatic heterocycles. The summed E-state index contributed by atoms with van der Waals surface area (Å²) >= 11 is 0. The molecule has 0 spiro atoms. The summed E-state index contributed by atoms with van der Waals surface area (Å²) < 4.78 is 11.0. The molecule has 0 aliphatic carbocycles. The van der Waals surface area contributed by atoms with Gasteiger partial charge in [0.2, 0.25) is 0 Å². The normalized spacial score (nSPS) is 11.2. The topological polar surface area (TPSA) is 18.5 Å². The van der Waals surface area contributed by atoms with Gasteiger partial charge < -0.3 is 9.47 Å². The largest absolute Gasteiger partial charge is 0.497 e. The van der Waals surface area contributed by atoms with Crippen molar-refractivity contribution in [3.8, 4) is 23.3 Å². The molecule has 0 saturated carbocycles. The molecule has 3 rings (SSSR count). The van der Waals surface area contributed by atoms with E-state index in [1.807, 2.05) is 54.6 Å². The Morgan fingerprint density at radius 3 is 2.19 bits per heavy atom. The molecule has 0 heterocycles.